The van der Waals surface area contributed by atoms with Crippen molar-refractivity contribution in [3.63, 3.8) is 0 Å². The lowest BCUT2D eigenvalue weighted by Crippen LogP contribution is -2.27. The van der Waals surface area contributed by atoms with Gasteiger partial charge in [0.2, 0.25) is 0 Å². The van der Waals surface area contributed by atoms with Gasteiger partial charge in [-0.2, -0.15) is 0 Å². The van der Waals surface area contributed by atoms with Crippen molar-refractivity contribution in [2.45, 2.75) is 13.8 Å². The lowest BCUT2D eigenvalue weighted by Gasteiger charge is -2.19. The van der Waals surface area contributed by atoms with Crippen molar-refractivity contribution in [2.75, 3.05) is 17.7 Å². The second-order valence-corrected chi connectivity index (χ2v) is 5.19. The number of rotatable bonds is 2. The van der Waals surface area contributed by atoms with Gasteiger partial charge in [-0.1, -0.05) is 17.7 Å². The monoisotopic (exact) mass is 289 g/mol. The van der Waals surface area contributed by atoms with E-state index in [0.29, 0.717) is 11.3 Å². The van der Waals surface area contributed by atoms with E-state index >= 15 is 0 Å². The second kappa shape index (κ2) is 5.51. The van der Waals surface area contributed by atoms with E-state index in [-0.39, 0.29) is 11.1 Å². The van der Waals surface area contributed by atoms with Gasteiger partial charge in [0.25, 0.3) is 5.91 Å². The number of hydrogen-bond donors (Lipinski definition) is 1. The number of pyridine rings is 1. The molecule has 1 aromatic carbocycles. The zero-order chi connectivity index (χ0) is 14.9. The maximum absolute atomic E-state index is 12.5. The molecule has 0 aliphatic carbocycles. The quantitative estimate of drug-likeness (QED) is 0.864. The maximum Gasteiger partial charge on any atom is 0.260 e. The molecule has 0 fully saturated rings. The fourth-order valence-electron chi connectivity index (χ4n) is 2.07. The summed E-state index contributed by atoms with van der Waals surface area (Å²) in [6, 6.07) is 7.44. The van der Waals surface area contributed by atoms with Crippen molar-refractivity contribution >= 4 is 28.9 Å². The van der Waals surface area contributed by atoms with Crippen LogP contribution in [0.2, 0.25) is 5.15 Å². The van der Waals surface area contributed by atoms with Crippen molar-refractivity contribution in [1.29, 1.82) is 0 Å². The number of anilines is 2. The summed E-state index contributed by atoms with van der Waals surface area (Å²) >= 11 is 5.82. The van der Waals surface area contributed by atoms with Crippen molar-refractivity contribution < 1.29 is 4.79 Å². The molecule has 0 saturated carbocycles. The van der Waals surface area contributed by atoms with E-state index < -0.39 is 0 Å². The predicted molar refractivity (Wildman–Crippen MR) is 82.3 cm³/mol. The van der Waals surface area contributed by atoms with Crippen LogP contribution in [-0.2, 0) is 0 Å². The molecule has 0 radical (unpaired) electrons. The standard InChI is InChI=1S/C15H16ClN3O/c1-9-4-10(2)6-11(5-9)19(3)15(20)12-7-14(16)18-8-13(12)17/h4-8H,17H2,1-3H3. The molecule has 0 bridgehead atoms. The maximum atomic E-state index is 12.5. The smallest absolute Gasteiger partial charge is 0.260 e. The molecule has 4 nitrogen and oxygen atoms in total. The van der Waals surface area contributed by atoms with E-state index in [0.717, 1.165) is 16.8 Å². The van der Waals surface area contributed by atoms with Gasteiger partial charge in [-0.3, -0.25) is 4.79 Å². The fourth-order valence-corrected chi connectivity index (χ4v) is 2.23. The van der Waals surface area contributed by atoms with Gasteiger partial charge in [-0.05, 0) is 43.2 Å². The summed E-state index contributed by atoms with van der Waals surface area (Å²) in [4.78, 5) is 17.9. The molecular formula is C15H16ClN3O. The molecule has 1 aromatic heterocycles. The number of aromatic nitrogens is 1. The molecule has 0 saturated heterocycles. The number of hydrogen-bond acceptors (Lipinski definition) is 3. The minimum absolute atomic E-state index is 0.211. The molecule has 2 rings (SSSR count). The highest BCUT2D eigenvalue weighted by Crippen LogP contribution is 2.22. The number of nitrogens with two attached hydrogens (primary N) is 1. The largest absolute Gasteiger partial charge is 0.397 e. The summed E-state index contributed by atoms with van der Waals surface area (Å²) in [5.74, 6) is -0.211. The third kappa shape index (κ3) is 2.91. The molecule has 2 aromatic rings. The summed E-state index contributed by atoms with van der Waals surface area (Å²) in [7, 11) is 1.71. The number of nitrogen functional groups attached to an aromatic ring is 1. The molecule has 2 N–H and O–H groups in total. The minimum atomic E-state index is -0.211. The van der Waals surface area contributed by atoms with Crippen molar-refractivity contribution in [3.8, 4) is 0 Å². The molecular weight excluding hydrogens is 274 g/mol. The number of halogens is 1. The van der Waals surface area contributed by atoms with Crippen molar-refractivity contribution in [1.82, 2.24) is 4.98 Å². The van der Waals surface area contributed by atoms with Crippen LogP contribution in [0, 0.1) is 13.8 Å². The van der Waals surface area contributed by atoms with Gasteiger partial charge in [0.15, 0.2) is 0 Å². The van der Waals surface area contributed by atoms with Gasteiger partial charge < -0.3 is 10.6 Å². The summed E-state index contributed by atoms with van der Waals surface area (Å²) in [6.45, 7) is 3.99. The average Bonchev–Trinajstić information content (AvgIpc) is 2.38. The van der Waals surface area contributed by atoms with Crippen LogP contribution in [0.5, 0.6) is 0 Å². The first-order valence-electron chi connectivity index (χ1n) is 6.16. The van der Waals surface area contributed by atoms with Crippen molar-refractivity contribution in [2.24, 2.45) is 0 Å². The number of nitrogens with zero attached hydrogens (tertiary/aromatic N) is 2. The fraction of sp³-hybridized carbons (Fsp3) is 0.200. The van der Waals surface area contributed by atoms with E-state index in [1.54, 1.807) is 11.9 Å². The van der Waals surface area contributed by atoms with E-state index in [1.807, 2.05) is 26.0 Å². The molecule has 1 amide bonds. The van der Waals surface area contributed by atoms with E-state index in [9.17, 15) is 4.79 Å². The first-order valence-corrected chi connectivity index (χ1v) is 6.53. The van der Waals surface area contributed by atoms with Crippen LogP contribution in [0.3, 0.4) is 0 Å². The normalized spacial score (nSPS) is 10.4. The van der Waals surface area contributed by atoms with Crippen LogP contribution in [0.4, 0.5) is 11.4 Å². The molecule has 0 unspecified atom stereocenters. The Balaban J connectivity index is 2.39. The van der Waals surface area contributed by atoms with Gasteiger partial charge in [-0.15, -0.1) is 0 Å². The van der Waals surface area contributed by atoms with Crippen LogP contribution >= 0.6 is 11.6 Å². The molecule has 104 valence electrons. The van der Waals surface area contributed by atoms with E-state index in [1.165, 1.54) is 12.3 Å². The minimum Gasteiger partial charge on any atom is -0.397 e. The van der Waals surface area contributed by atoms with E-state index in [2.05, 4.69) is 11.1 Å². The Morgan fingerprint density at radius 2 is 1.80 bits per heavy atom. The first kappa shape index (κ1) is 14.3. The SMILES string of the molecule is Cc1cc(C)cc(N(C)C(=O)c2cc(Cl)ncc2N)c1. The molecule has 1 heterocycles. The second-order valence-electron chi connectivity index (χ2n) is 4.80. The average molecular weight is 290 g/mol. The zero-order valence-electron chi connectivity index (χ0n) is 11.6. The Bertz CT molecular complexity index is 650. The lowest BCUT2D eigenvalue weighted by molar-refractivity contribution is 0.0994. The number of benzene rings is 1. The van der Waals surface area contributed by atoms with Crippen LogP contribution < -0.4 is 10.6 Å². The molecule has 20 heavy (non-hydrogen) atoms. The Hall–Kier alpha value is -2.07. The summed E-state index contributed by atoms with van der Waals surface area (Å²) in [5, 5.41) is 0.247. The van der Waals surface area contributed by atoms with Gasteiger partial charge in [-0.25, -0.2) is 4.98 Å². The molecule has 0 spiro atoms. The van der Waals surface area contributed by atoms with Crippen LogP contribution in [0.25, 0.3) is 0 Å². The number of carbonyl (C=O) groups excluding carboxylic acids is 1. The van der Waals surface area contributed by atoms with Crippen LogP contribution in [0.15, 0.2) is 30.5 Å². The number of aryl methyl sites for hydroxylation is 2. The Morgan fingerprint density at radius 1 is 1.20 bits per heavy atom. The molecule has 0 aliphatic rings. The van der Waals surface area contributed by atoms with Gasteiger partial charge in [0, 0.05) is 12.7 Å². The third-order valence-corrected chi connectivity index (χ3v) is 3.24. The van der Waals surface area contributed by atoms with Gasteiger partial charge in [0.05, 0.1) is 17.4 Å². The van der Waals surface area contributed by atoms with Crippen LogP contribution in [-0.4, -0.2) is 17.9 Å². The summed E-state index contributed by atoms with van der Waals surface area (Å²) in [5.41, 5.74) is 9.48. The lowest BCUT2D eigenvalue weighted by atomic mass is 10.1. The molecule has 0 atom stereocenters. The Morgan fingerprint density at radius 3 is 2.40 bits per heavy atom. The van der Waals surface area contributed by atoms with Gasteiger partial charge in [0.1, 0.15) is 5.15 Å². The Labute approximate surface area is 123 Å². The molecule has 0 aliphatic heterocycles. The number of amides is 1. The highest BCUT2D eigenvalue weighted by Gasteiger charge is 2.17. The third-order valence-electron chi connectivity index (χ3n) is 3.03. The topological polar surface area (TPSA) is 59.2 Å². The van der Waals surface area contributed by atoms with Gasteiger partial charge >= 0.3 is 0 Å². The predicted octanol–water partition coefficient (Wildman–Crippen LogP) is 3.21. The number of carbonyl (C=O) groups is 1. The highest BCUT2D eigenvalue weighted by molar-refractivity contribution is 6.30. The summed E-state index contributed by atoms with van der Waals surface area (Å²) < 4.78 is 0. The van der Waals surface area contributed by atoms with Crippen molar-refractivity contribution in [3.05, 3.63) is 52.3 Å². The zero-order valence-corrected chi connectivity index (χ0v) is 12.4. The molecule has 5 heteroatoms. The Kier molecular flexibility index (Phi) is 3.95. The van der Waals surface area contributed by atoms with E-state index in [4.69, 9.17) is 17.3 Å². The summed E-state index contributed by atoms with van der Waals surface area (Å²) in [6.07, 6.45) is 1.39. The highest BCUT2D eigenvalue weighted by atomic mass is 35.5. The first-order chi connectivity index (χ1) is 9.38. The van der Waals surface area contributed by atoms with Crippen LogP contribution in [0.1, 0.15) is 21.5 Å².